The molecule has 0 radical (unpaired) electrons. The predicted octanol–water partition coefficient (Wildman–Crippen LogP) is 4.53. The van der Waals surface area contributed by atoms with E-state index in [9.17, 15) is 19.1 Å². The largest absolute Gasteiger partial charge is 0.487 e. The van der Waals surface area contributed by atoms with Gasteiger partial charge in [-0.05, 0) is 60.4 Å². The molecule has 1 amide bonds. The molecule has 5 nitrogen and oxygen atoms in total. The minimum absolute atomic E-state index is 0.174. The van der Waals surface area contributed by atoms with Crippen LogP contribution in [0.15, 0.2) is 72.8 Å². The smallest absolute Gasteiger partial charge is 0.323 e. The summed E-state index contributed by atoms with van der Waals surface area (Å²) in [6.07, 6.45) is 1.76. The van der Waals surface area contributed by atoms with Gasteiger partial charge in [-0.25, -0.2) is 4.39 Å². The van der Waals surface area contributed by atoms with Crippen LogP contribution >= 0.6 is 0 Å². The molecule has 4 rings (SSSR count). The van der Waals surface area contributed by atoms with Gasteiger partial charge in [-0.2, -0.15) is 0 Å². The molecular weight excluding hydrogens is 421 g/mol. The lowest BCUT2D eigenvalue weighted by Gasteiger charge is -2.24. The number of aliphatic carboxylic acids is 1. The Balaban J connectivity index is 1.48. The first-order chi connectivity index (χ1) is 15.8. The third-order valence-electron chi connectivity index (χ3n) is 5.82. The molecular formula is C27H26FNO4. The van der Waals surface area contributed by atoms with Crippen molar-refractivity contribution in [1.29, 1.82) is 0 Å². The number of carbonyl (C=O) groups excluding carboxylic acids is 1. The Morgan fingerprint density at radius 1 is 1.03 bits per heavy atom. The molecule has 3 aromatic carbocycles. The number of nitrogens with zero attached hydrogens (tertiary/aromatic N) is 1. The summed E-state index contributed by atoms with van der Waals surface area (Å²) in [4.78, 5) is 25.8. The number of fused-ring (bicyclic) bond motifs is 1. The lowest BCUT2D eigenvalue weighted by Crippen LogP contribution is -2.37. The SMILES string of the molecule is C[C@]1(Cc2ccccc2)Cc2cc(C(=O)N(CCc3cccc(F)c3)CC(=O)O)ccc2O1. The second kappa shape index (κ2) is 9.45. The fourth-order valence-corrected chi connectivity index (χ4v) is 4.34. The van der Waals surface area contributed by atoms with E-state index in [-0.39, 0.29) is 18.3 Å². The summed E-state index contributed by atoms with van der Waals surface area (Å²) < 4.78 is 19.7. The van der Waals surface area contributed by atoms with Gasteiger partial charge in [0.15, 0.2) is 0 Å². The van der Waals surface area contributed by atoms with Gasteiger partial charge in [0.2, 0.25) is 0 Å². The number of amides is 1. The van der Waals surface area contributed by atoms with Crippen LogP contribution in [0.5, 0.6) is 5.75 Å². The molecule has 0 aliphatic carbocycles. The van der Waals surface area contributed by atoms with E-state index in [0.29, 0.717) is 24.0 Å². The highest BCUT2D eigenvalue weighted by Crippen LogP contribution is 2.37. The minimum atomic E-state index is -1.09. The van der Waals surface area contributed by atoms with Crippen LogP contribution in [0.25, 0.3) is 0 Å². The Kier molecular flexibility index (Phi) is 6.45. The molecule has 1 heterocycles. The topological polar surface area (TPSA) is 66.8 Å². The van der Waals surface area contributed by atoms with Gasteiger partial charge in [0.1, 0.15) is 23.7 Å². The first kappa shape index (κ1) is 22.5. The first-order valence-corrected chi connectivity index (χ1v) is 10.9. The Hall–Kier alpha value is -3.67. The molecule has 33 heavy (non-hydrogen) atoms. The molecule has 1 aliphatic rings. The Bertz CT molecular complexity index is 1160. The fraction of sp³-hybridized carbons (Fsp3) is 0.259. The summed E-state index contributed by atoms with van der Waals surface area (Å²) in [5.41, 5.74) is 2.82. The van der Waals surface area contributed by atoms with Crippen LogP contribution in [0.2, 0.25) is 0 Å². The maximum atomic E-state index is 13.5. The number of carboxylic acids is 1. The lowest BCUT2D eigenvalue weighted by molar-refractivity contribution is -0.137. The van der Waals surface area contributed by atoms with E-state index in [2.05, 4.69) is 19.1 Å². The molecule has 0 spiro atoms. The van der Waals surface area contributed by atoms with Crippen LogP contribution in [0.3, 0.4) is 0 Å². The van der Waals surface area contributed by atoms with Crippen molar-refractivity contribution < 1.29 is 23.8 Å². The maximum Gasteiger partial charge on any atom is 0.323 e. The number of benzene rings is 3. The van der Waals surface area contributed by atoms with Gasteiger partial charge in [0.05, 0.1) is 0 Å². The van der Waals surface area contributed by atoms with E-state index >= 15 is 0 Å². The van der Waals surface area contributed by atoms with E-state index in [0.717, 1.165) is 17.7 Å². The molecule has 0 bridgehead atoms. The van der Waals surface area contributed by atoms with Crippen molar-refractivity contribution in [3.8, 4) is 5.75 Å². The van der Waals surface area contributed by atoms with Crippen molar-refractivity contribution in [2.24, 2.45) is 0 Å². The standard InChI is InChI=1S/C27H26FNO4/c1-27(16-20-6-3-2-4-7-20)17-22-15-21(10-11-24(22)33-27)26(32)29(18-25(30)31)13-12-19-8-5-9-23(28)14-19/h2-11,14-15H,12-13,16-18H2,1H3,(H,30,31)/t27-/m0/s1. The second-order valence-corrected chi connectivity index (χ2v) is 8.71. The van der Waals surface area contributed by atoms with Gasteiger partial charge in [0, 0.05) is 24.9 Å². The average molecular weight is 448 g/mol. The van der Waals surface area contributed by atoms with Gasteiger partial charge in [-0.1, -0.05) is 42.5 Å². The molecule has 1 aliphatic heterocycles. The third-order valence-corrected chi connectivity index (χ3v) is 5.82. The zero-order valence-electron chi connectivity index (χ0n) is 18.5. The Morgan fingerprint density at radius 2 is 1.79 bits per heavy atom. The van der Waals surface area contributed by atoms with Crippen molar-refractivity contribution in [3.63, 3.8) is 0 Å². The number of ether oxygens (including phenoxy) is 1. The lowest BCUT2D eigenvalue weighted by atomic mass is 9.91. The van der Waals surface area contributed by atoms with Crippen LogP contribution in [-0.2, 0) is 24.1 Å². The molecule has 0 fully saturated rings. The van der Waals surface area contributed by atoms with Crippen LogP contribution < -0.4 is 4.74 Å². The van der Waals surface area contributed by atoms with Gasteiger partial charge >= 0.3 is 5.97 Å². The molecule has 0 saturated carbocycles. The molecule has 3 aromatic rings. The third kappa shape index (κ3) is 5.58. The second-order valence-electron chi connectivity index (χ2n) is 8.71. The molecule has 0 aromatic heterocycles. The van der Waals surface area contributed by atoms with E-state index in [1.54, 1.807) is 30.3 Å². The number of hydrogen-bond acceptors (Lipinski definition) is 3. The molecule has 1 N–H and O–H groups in total. The van der Waals surface area contributed by atoms with Crippen molar-refractivity contribution in [2.75, 3.05) is 13.1 Å². The van der Waals surface area contributed by atoms with Crippen molar-refractivity contribution in [1.82, 2.24) is 4.90 Å². The summed E-state index contributed by atoms with van der Waals surface area (Å²) in [7, 11) is 0. The van der Waals surface area contributed by atoms with E-state index < -0.39 is 18.1 Å². The molecule has 1 atom stereocenters. The van der Waals surface area contributed by atoms with Crippen molar-refractivity contribution in [3.05, 3.63) is 101 Å². The zero-order valence-corrected chi connectivity index (χ0v) is 18.5. The quantitative estimate of drug-likeness (QED) is 0.551. The first-order valence-electron chi connectivity index (χ1n) is 10.9. The monoisotopic (exact) mass is 447 g/mol. The number of hydrogen-bond donors (Lipinski definition) is 1. The number of carboxylic acid groups (broad SMARTS) is 1. The van der Waals surface area contributed by atoms with Gasteiger partial charge in [0.25, 0.3) is 5.91 Å². The number of halogens is 1. The summed E-state index contributed by atoms with van der Waals surface area (Å²) >= 11 is 0. The van der Waals surface area contributed by atoms with E-state index in [4.69, 9.17) is 4.74 Å². The zero-order chi connectivity index (χ0) is 23.4. The molecule has 0 unspecified atom stereocenters. The summed E-state index contributed by atoms with van der Waals surface area (Å²) in [6, 6.07) is 21.5. The molecule has 170 valence electrons. The van der Waals surface area contributed by atoms with Crippen LogP contribution in [0.4, 0.5) is 4.39 Å². The van der Waals surface area contributed by atoms with Crippen LogP contribution in [0, 0.1) is 5.82 Å². The highest BCUT2D eigenvalue weighted by molar-refractivity contribution is 5.96. The molecule has 0 saturated heterocycles. The van der Waals surface area contributed by atoms with E-state index in [1.807, 2.05) is 18.2 Å². The summed E-state index contributed by atoms with van der Waals surface area (Å²) in [5.74, 6) is -1.08. The van der Waals surface area contributed by atoms with Gasteiger partial charge in [-0.15, -0.1) is 0 Å². The summed E-state index contributed by atoms with van der Waals surface area (Å²) in [5, 5.41) is 9.31. The molecule has 6 heteroatoms. The fourth-order valence-electron chi connectivity index (χ4n) is 4.34. The average Bonchev–Trinajstić information content (AvgIpc) is 3.11. The van der Waals surface area contributed by atoms with Crippen molar-refractivity contribution in [2.45, 2.75) is 31.8 Å². The van der Waals surface area contributed by atoms with Gasteiger partial charge < -0.3 is 14.7 Å². The van der Waals surface area contributed by atoms with Gasteiger partial charge in [-0.3, -0.25) is 9.59 Å². The predicted molar refractivity (Wildman–Crippen MR) is 123 cm³/mol. The normalized spacial score (nSPS) is 16.7. The van der Waals surface area contributed by atoms with Crippen LogP contribution in [-0.4, -0.2) is 40.6 Å². The Labute approximate surface area is 192 Å². The highest BCUT2D eigenvalue weighted by atomic mass is 19.1. The summed E-state index contributed by atoms with van der Waals surface area (Å²) in [6.45, 7) is 1.80. The minimum Gasteiger partial charge on any atom is -0.487 e. The Morgan fingerprint density at radius 3 is 2.52 bits per heavy atom. The van der Waals surface area contributed by atoms with Crippen LogP contribution in [0.1, 0.15) is 34.0 Å². The maximum absolute atomic E-state index is 13.5. The van der Waals surface area contributed by atoms with E-state index in [1.165, 1.54) is 22.6 Å². The van der Waals surface area contributed by atoms with Crippen molar-refractivity contribution >= 4 is 11.9 Å². The number of carbonyl (C=O) groups is 2. The highest BCUT2D eigenvalue weighted by Gasteiger charge is 2.35. The number of rotatable bonds is 8.